The smallest absolute Gasteiger partial charge is 0.325 e. The minimum atomic E-state index is -4.28. The van der Waals surface area contributed by atoms with Crippen molar-refractivity contribution < 1.29 is 29.0 Å². The van der Waals surface area contributed by atoms with Crippen molar-refractivity contribution in [2.75, 3.05) is 12.7 Å². The lowest BCUT2D eigenvalue weighted by Gasteiger charge is -2.15. The second kappa shape index (κ2) is 10.2. The summed E-state index contributed by atoms with van der Waals surface area (Å²) < 4.78 is 11.0. The van der Waals surface area contributed by atoms with Gasteiger partial charge in [-0.3, -0.25) is 14.2 Å². The van der Waals surface area contributed by atoms with Crippen LogP contribution >= 0.6 is 7.60 Å². The Balaban J connectivity index is 1.86. The minimum Gasteiger partial charge on any atom is -0.481 e. The van der Waals surface area contributed by atoms with Crippen LogP contribution in [0.15, 0.2) is 54.6 Å². The van der Waals surface area contributed by atoms with Crippen molar-refractivity contribution >= 4 is 19.5 Å². The van der Waals surface area contributed by atoms with Crippen LogP contribution in [0.2, 0.25) is 0 Å². The molecule has 1 unspecified atom stereocenters. The van der Waals surface area contributed by atoms with E-state index in [4.69, 9.17) is 14.9 Å². The van der Waals surface area contributed by atoms with Gasteiger partial charge in [-0.05, 0) is 29.5 Å². The van der Waals surface area contributed by atoms with E-state index in [1.807, 2.05) is 54.6 Å². The van der Waals surface area contributed by atoms with E-state index in [2.05, 4.69) is 5.32 Å². The van der Waals surface area contributed by atoms with Gasteiger partial charge in [0, 0.05) is 12.5 Å². The number of carboxylic acids is 1. The first kappa shape index (κ1) is 21.8. The van der Waals surface area contributed by atoms with E-state index in [-0.39, 0.29) is 6.42 Å². The van der Waals surface area contributed by atoms with Gasteiger partial charge in [0.05, 0.1) is 12.6 Å². The second-order valence-electron chi connectivity index (χ2n) is 6.58. The number of benzene rings is 2. The third-order valence-corrected chi connectivity index (χ3v) is 5.18. The van der Waals surface area contributed by atoms with Crippen molar-refractivity contribution in [3.05, 3.63) is 60.2 Å². The van der Waals surface area contributed by atoms with Crippen LogP contribution < -0.4 is 5.32 Å². The Morgan fingerprint density at radius 3 is 2.14 bits per heavy atom. The average Bonchev–Trinajstić information content (AvgIpc) is 2.65. The second-order valence-corrected chi connectivity index (χ2v) is 8.35. The fourth-order valence-corrected chi connectivity index (χ4v) is 3.48. The van der Waals surface area contributed by atoms with Crippen LogP contribution in [-0.2, 0) is 20.6 Å². The van der Waals surface area contributed by atoms with Crippen LogP contribution in [0, 0.1) is 5.92 Å². The number of nitrogens with one attached hydrogen (secondary N) is 1. The first-order chi connectivity index (χ1) is 13.2. The van der Waals surface area contributed by atoms with Gasteiger partial charge in [0.1, 0.15) is 0 Å². The minimum absolute atomic E-state index is 0.172. The number of aliphatic carboxylic acids is 1. The van der Waals surface area contributed by atoms with E-state index >= 15 is 0 Å². The van der Waals surface area contributed by atoms with Gasteiger partial charge in [-0.2, -0.15) is 0 Å². The number of carbonyl (C=O) groups excluding carboxylic acids is 1. The van der Waals surface area contributed by atoms with Gasteiger partial charge in [-0.15, -0.1) is 0 Å². The molecule has 2 rings (SSSR count). The normalized spacial score (nSPS) is 12.4. The van der Waals surface area contributed by atoms with E-state index in [9.17, 15) is 14.2 Å². The molecule has 0 saturated heterocycles. The van der Waals surface area contributed by atoms with Crippen molar-refractivity contribution in [3.8, 4) is 11.1 Å². The first-order valence-corrected chi connectivity index (χ1v) is 10.7. The molecule has 0 fully saturated rings. The Kier molecular flexibility index (Phi) is 7.93. The van der Waals surface area contributed by atoms with E-state index in [1.54, 1.807) is 0 Å². The fourth-order valence-electron chi connectivity index (χ4n) is 2.83. The Morgan fingerprint density at radius 1 is 0.964 bits per heavy atom. The van der Waals surface area contributed by atoms with Gasteiger partial charge in [0.25, 0.3) is 0 Å². The number of rotatable bonds is 10. The van der Waals surface area contributed by atoms with Crippen LogP contribution in [0.1, 0.15) is 18.4 Å². The molecule has 1 atom stereocenters. The largest absolute Gasteiger partial charge is 0.481 e. The first-order valence-electron chi connectivity index (χ1n) is 8.93. The standard InChI is InChI=1S/C20H24NO6P/c22-19(23)14-18(11-13-28(25,26)27)20(24)21-12-10-15-6-8-17(9-7-15)16-4-2-1-3-5-16/h1-9,18H,10-14H2,(H,21,24)(H,22,23)(H2,25,26,27). The molecule has 150 valence electrons. The van der Waals surface area contributed by atoms with Gasteiger partial charge in [-0.25, -0.2) is 0 Å². The number of carboxylic acid groups (broad SMARTS) is 1. The Hall–Kier alpha value is -2.47. The number of hydrogen-bond donors (Lipinski definition) is 4. The van der Waals surface area contributed by atoms with Crippen molar-refractivity contribution in [3.63, 3.8) is 0 Å². The predicted octanol–water partition coefficient (Wildman–Crippen LogP) is 2.67. The molecule has 4 N–H and O–H groups in total. The molecule has 0 radical (unpaired) electrons. The summed E-state index contributed by atoms with van der Waals surface area (Å²) in [7, 11) is -4.28. The summed E-state index contributed by atoms with van der Waals surface area (Å²) in [5.74, 6) is -2.65. The zero-order valence-electron chi connectivity index (χ0n) is 15.3. The molecule has 0 saturated carbocycles. The van der Waals surface area contributed by atoms with Crippen LogP contribution in [0.4, 0.5) is 0 Å². The molecule has 2 aromatic rings. The molecule has 7 nitrogen and oxygen atoms in total. The Bertz CT molecular complexity index is 832. The highest BCUT2D eigenvalue weighted by Crippen LogP contribution is 2.36. The monoisotopic (exact) mass is 405 g/mol. The number of hydrogen-bond acceptors (Lipinski definition) is 3. The zero-order valence-corrected chi connectivity index (χ0v) is 16.2. The summed E-state index contributed by atoms with van der Waals surface area (Å²) in [4.78, 5) is 41.0. The molecule has 0 aliphatic heterocycles. The van der Waals surface area contributed by atoms with Gasteiger partial charge >= 0.3 is 13.6 Å². The molecule has 8 heteroatoms. The highest BCUT2D eigenvalue weighted by molar-refractivity contribution is 7.51. The topological polar surface area (TPSA) is 124 Å². The average molecular weight is 405 g/mol. The lowest BCUT2D eigenvalue weighted by atomic mass is 10.0. The maximum Gasteiger partial charge on any atom is 0.325 e. The molecule has 0 aromatic heterocycles. The van der Waals surface area contributed by atoms with Gasteiger partial charge in [-0.1, -0.05) is 54.6 Å². The van der Waals surface area contributed by atoms with Gasteiger partial charge in [0.2, 0.25) is 5.91 Å². The van der Waals surface area contributed by atoms with E-state index < -0.39 is 38.0 Å². The lowest BCUT2D eigenvalue weighted by Crippen LogP contribution is -2.34. The van der Waals surface area contributed by atoms with Gasteiger partial charge in [0.15, 0.2) is 0 Å². The molecular weight excluding hydrogens is 381 g/mol. The van der Waals surface area contributed by atoms with Crippen LogP contribution in [0.3, 0.4) is 0 Å². The van der Waals surface area contributed by atoms with Crippen LogP contribution in [0.5, 0.6) is 0 Å². The zero-order chi connectivity index (χ0) is 20.6. The summed E-state index contributed by atoms with van der Waals surface area (Å²) in [6.45, 7) is 0.315. The van der Waals surface area contributed by atoms with Crippen LogP contribution in [0.25, 0.3) is 11.1 Å². The van der Waals surface area contributed by atoms with Crippen molar-refractivity contribution in [2.24, 2.45) is 5.92 Å². The summed E-state index contributed by atoms with van der Waals surface area (Å²) in [6.07, 6.45) is -0.579. The summed E-state index contributed by atoms with van der Waals surface area (Å²) in [5.41, 5.74) is 3.22. The van der Waals surface area contributed by atoms with Crippen molar-refractivity contribution in [1.82, 2.24) is 5.32 Å². The van der Waals surface area contributed by atoms with Crippen molar-refractivity contribution in [2.45, 2.75) is 19.3 Å². The molecule has 0 aliphatic carbocycles. The summed E-state index contributed by atoms with van der Waals surface area (Å²) in [5, 5.41) is 11.6. The fraction of sp³-hybridized carbons (Fsp3) is 0.300. The third-order valence-electron chi connectivity index (χ3n) is 4.33. The van der Waals surface area contributed by atoms with E-state index in [0.717, 1.165) is 16.7 Å². The molecule has 0 heterocycles. The lowest BCUT2D eigenvalue weighted by molar-refractivity contribution is -0.141. The van der Waals surface area contributed by atoms with Crippen molar-refractivity contribution in [1.29, 1.82) is 0 Å². The molecule has 28 heavy (non-hydrogen) atoms. The SMILES string of the molecule is O=C(O)CC(CCP(=O)(O)O)C(=O)NCCc1ccc(-c2ccccc2)cc1. The van der Waals surface area contributed by atoms with E-state index in [1.165, 1.54) is 0 Å². The maximum absolute atomic E-state index is 12.2. The maximum atomic E-state index is 12.2. The van der Waals surface area contributed by atoms with E-state index in [0.29, 0.717) is 13.0 Å². The quantitative estimate of drug-likeness (QED) is 0.451. The third kappa shape index (κ3) is 7.64. The van der Waals surface area contributed by atoms with Gasteiger partial charge < -0.3 is 20.2 Å². The number of carbonyl (C=O) groups is 2. The molecule has 0 spiro atoms. The highest BCUT2D eigenvalue weighted by Gasteiger charge is 2.25. The molecule has 2 aromatic carbocycles. The predicted molar refractivity (Wildman–Crippen MR) is 106 cm³/mol. The Morgan fingerprint density at radius 2 is 1.57 bits per heavy atom. The highest BCUT2D eigenvalue weighted by atomic mass is 31.2. The van der Waals surface area contributed by atoms with Crippen LogP contribution in [-0.4, -0.2) is 39.5 Å². The molecule has 0 aliphatic rings. The molecular formula is C20H24NO6P. The summed E-state index contributed by atoms with van der Waals surface area (Å²) >= 11 is 0. The molecule has 1 amide bonds. The number of amides is 1. The molecule has 0 bridgehead atoms. The Labute approximate surface area is 163 Å². The summed E-state index contributed by atoms with van der Waals surface area (Å²) in [6, 6.07) is 17.9.